The number of rotatable bonds is 3. The summed E-state index contributed by atoms with van der Waals surface area (Å²) in [6.07, 6.45) is 1.01. The van der Waals surface area contributed by atoms with E-state index < -0.39 is 0 Å². The van der Waals surface area contributed by atoms with Crippen LogP contribution in [-0.4, -0.2) is 4.98 Å². The predicted molar refractivity (Wildman–Crippen MR) is 73.1 cm³/mol. The Morgan fingerprint density at radius 2 is 2.00 bits per heavy atom. The standard InChI is InChI=1S/C14H12ClN3/c1-2-10-3-5-12(6-4-10)17-14-8-11(9-16)7-13(15)18-14/h3-8H,2H2,1H3,(H,17,18). The summed E-state index contributed by atoms with van der Waals surface area (Å²) in [5, 5.41) is 12.3. The minimum Gasteiger partial charge on any atom is -0.340 e. The van der Waals surface area contributed by atoms with Crippen LogP contribution in [0.3, 0.4) is 0 Å². The Morgan fingerprint density at radius 3 is 2.61 bits per heavy atom. The van der Waals surface area contributed by atoms with E-state index in [0.717, 1.165) is 12.1 Å². The Hall–Kier alpha value is -2.05. The summed E-state index contributed by atoms with van der Waals surface area (Å²) in [7, 11) is 0. The fourth-order valence-corrected chi connectivity index (χ4v) is 1.81. The smallest absolute Gasteiger partial charge is 0.133 e. The van der Waals surface area contributed by atoms with Crippen LogP contribution in [0, 0.1) is 11.3 Å². The summed E-state index contributed by atoms with van der Waals surface area (Å²) in [6, 6.07) is 13.3. The topological polar surface area (TPSA) is 48.7 Å². The first-order valence-corrected chi connectivity index (χ1v) is 6.02. The number of aryl methyl sites for hydroxylation is 1. The van der Waals surface area contributed by atoms with E-state index in [4.69, 9.17) is 16.9 Å². The van der Waals surface area contributed by atoms with Gasteiger partial charge in [0.2, 0.25) is 0 Å². The molecule has 0 amide bonds. The van der Waals surface area contributed by atoms with Gasteiger partial charge < -0.3 is 5.32 Å². The average Bonchev–Trinajstić information content (AvgIpc) is 2.39. The largest absolute Gasteiger partial charge is 0.340 e. The molecule has 0 saturated carbocycles. The second kappa shape index (κ2) is 5.52. The van der Waals surface area contributed by atoms with E-state index >= 15 is 0 Å². The number of nitrogens with zero attached hydrogens (tertiary/aromatic N) is 2. The fraction of sp³-hybridized carbons (Fsp3) is 0.143. The monoisotopic (exact) mass is 257 g/mol. The van der Waals surface area contributed by atoms with Crippen LogP contribution in [0.1, 0.15) is 18.1 Å². The lowest BCUT2D eigenvalue weighted by Crippen LogP contribution is -1.95. The molecule has 0 radical (unpaired) electrons. The van der Waals surface area contributed by atoms with Crippen molar-refractivity contribution in [2.45, 2.75) is 13.3 Å². The van der Waals surface area contributed by atoms with Crippen molar-refractivity contribution in [3.05, 3.63) is 52.7 Å². The SMILES string of the molecule is CCc1ccc(Nc2cc(C#N)cc(Cl)n2)cc1. The maximum atomic E-state index is 8.86. The second-order valence-corrected chi connectivity index (χ2v) is 4.24. The zero-order valence-electron chi connectivity index (χ0n) is 9.94. The molecule has 90 valence electrons. The van der Waals surface area contributed by atoms with Crippen molar-refractivity contribution in [2.24, 2.45) is 0 Å². The Bertz CT molecular complexity index is 585. The summed E-state index contributed by atoms with van der Waals surface area (Å²) in [5.41, 5.74) is 2.69. The summed E-state index contributed by atoms with van der Waals surface area (Å²) in [4.78, 5) is 4.12. The Kier molecular flexibility index (Phi) is 3.81. The number of benzene rings is 1. The number of pyridine rings is 1. The van der Waals surface area contributed by atoms with Crippen molar-refractivity contribution in [1.29, 1.82) is 5.26 Å². The van der Waals surface area contributed by atoms with Crippen LogP contribution in [0.15, 0.2) is 36.4 Å². The molecular formula is C14H12ClN3. The van der Waals surface area contributed by atoms with Gasteiger partial charge >= 0.3 is 0 Å². The molecule has 0 aliphatic carbocycles. The maximum absolute atomic E-state index is 8.86. The molecule has 0 aliphatic heterocycles. The van der Waals surface area contributed by atoms with Crippen LogP contribution < -0.4 is 5.32 Å². The van der Waals surface area contributed by atoms with Crippen molar-refractivity contribution < 1.29 is 0 Å². The Labute approximate surface area is 111 Å². The number of anilines is 2. The van der Waals surface area contributed by atoms with E-state index in [1.807, 2.05) is 18.2 Å². The molecule has 0 fully saturated rings. The van der Waals surface area contributed by atoms with Gasteiger partial charge in [0.15, 0.2) is 0 Å². The highest BCUT2D eigenvalue weighted by Gasteiger charge is 2.01. The molecule has 3 nitrogen and oxygen atoms in total. The van der Waals surface area contributed by atoms with Crippen LogP contribution in [0.5, 0.6) is 0 Å². The van der Waals surface area contributed by atoms with Gasteiger partial charge in [-0.15, -0.1) is 0 Å². The average molecular weight is 258 g/mol. The summed E-state index contributed by atoms with van der Waals surface area (Å²) in [5.74, 6) is 0.572. The van der Waals surface area contributed by atoms with Gasteiger partial charge in [-0.1, -0.05) is 30.7 Å². The molecule has 1 aromatic carbocycles. The molecule has 4 heteroatoms. The maximum Gasteiger partial charge on any atom is 0.133 e. The van der Waals surface area contributed by atoms with Crippen LogP contribution in [0.25, 0.3) is 0 Å². The summed E-state index contributed by atoms with van der Waals surface area (Å²) < 4.78 is 0. The van der Waals surface area contributed by atoms with Crippen LogP contribution in [0.4, 0.5) is 11.5 Å². The van der Waals surface area contributed by atoms with E-state index in [1.165, 1.54) is 11.6 Å². The molecule has 2 aromatic rings. The number of nitrogens with one attached hydrogen (secondary N) is 1. The van der Waals surface area contributed by atoms with Crippen molar-refractivity contribution >= 4 is 23.1 Å². The predicted octanol–water partition coefficient (Wildman–Crippen LogP) is 3.91. The number of aromatic nitrogens is 1. The first-order chi connectivity index (χ1) is 8.71. The molecule has 0 saturated heterocycles. The van der Waals surface area contributed by atoms with Gasteiger partial charge in [0.05, 0.1) is 11.6 Å². The van der Waals surface area contributed by atoms with Crippen molar-refractivity contribution in [1.82, 2.24) is 4.98 Å². The molecule has 2 rings (SSSR count). The van der Waals surface area contributed by atoms with Gasteiger partial charge in [-0.3, -0.25) is 0 Å². The number of hydrogen-bond donors (Lipinski definition) is 1. The third-order valence-electron chi connectivity index (χ3n) is 2.56. The molecule has 0 atom stereocenters. The zero-order chi connectivity index (χ0) is 13.0. The molecule has 1 heterocycles. The molecular weight excluding hydrogens is 246 g/mol. The number of nitriles is 1. The van der Waals surface area contributed by atoms with Gasteiger partial charge in [-0.2, -0.15) is 5.26 Å². The van der Waals surface area contributed by atoms with Gasteiger partial charge in [0, 0.05) is 5.69 Å². The van der Waals surface area contributed by atoms with Crippen molar-refractivity contribution in [2.75, 3.05) is 5.32 Å². The van der Waals surface area contributed by atoms with Gasteiger partial charge in [-0.05, 0) is 36.2 Å². The third kappa shape index (κ3) is 2.99. The molecule has 1 N–H and O–H groups in total. The molecule has 0 unspecified atom stereocenters. The normalized spacial score (nSPS) is 9.83. The van der Waals surface area contributed by atoms with Gasteiger partial charge in [0.1, 0.15) is 11.0 Å². The second-order valence-electron chi connectivity index (χ2n) is 3.85. The molecule has 1 aromatic heterocycles. The lowest BCUT2D eigenvalue weighted by Gasteiger charge is -2.07. The first kappa shape index (κ1) is 12.4. The van der Waals surface area contributed by atoms with E-state index in [9.17, 15) is 0 Å². The van der Waals surface area contributed by atoms with Gasteiger partial charge in [-0.25, -0.2) is 4.98 Å². The first-order valence-electron chi connectivity index (χ1n) is 5.65. The van der Waals surface area contributed by atoms with Crippen molar-refractivity contribution in [3.63, 3.8) is 0 Å². The lowest BCUT2D eigenvalue weighted by molar-refractivity contribution is 1.14. The minimum atomic E-state index is 0.307. The lowest BCUT2D eigenvalue weighted by atomic mass is 10.1. The van der Waals surface area contributed by atoms with Crippen LogP contribution in [0.2, 0.25) is 5.15 Å². The highest BCUT2D eigenvalue weighted by atomic mass is 35.5. The summed E-state index contributed by atoms with van der Waals surface area (Å²) >= 11 is 5.84. The number of halogens is 1. The minimum absolute atomic E-state index is 0.307. The molecule has 0 spiro atoms. The molecule has 18 heavy (non-hydrogen) atoms. The summed E-state index contributed by atoms with van der Waals surface area (Å²) in [6.45, 7) is 2.11. The molecule has 0 aliphatic rings. The van der Waals surface area contributed by atoms with Gasteiger partial charge in [0.25, 0.3) is 0 Å². The highest BCUT2D eigenvalue weighted by molar-refractivity contribution is 6.29. The quantitative estimate of drug-likeness (QED) is 0.848. The van der Waals surface area contributed by atoms with Crippen LogP contribution in [-0.2, 0) is 6.42 Å². The van der Waals surface area contributed by atoms with E-state index in [0.29, 0.717) is 16.5 Å². The Morgan fingerprint density at radius 1 is 1.28 bits per heavy atom. The van der Waals surface area contributed by atoms with E-state index in [-0.39, 0.29) is 0 Å². The zero-order valence-corrected chi connectivity index (χ0v) is 10.7. The third-order valence-corrected chi connectivity index (χ3v) is 2.75. The highest BCUT2D eigenvalue weighted by Crippen LogP contribution is 2.19. The molecule has 0 bridgehead atoms. The Balaban J connectivity index is 2.22. The van der Waals surface area contributed by atoms with Crippen LogP contribution >= 0.6 is 11.6 Å². The number of hydrogen-bond acceptors (Lipinski definition) is 3. The van der Waals surface area contributed by atoms with E-state index in [2.05, 4.69) is 29.4 Å². The fourth-order valence-electron chi connectivity index (χ4n) is 1.60. The van der Waals surface area contributed by atoms with Crippen molar-refractivity contribution in [3.8, 4) is 6.07 Å². The van der Waals surface area contributed by atoms with E-state index in [1.54, 1.807) is 6.07 Å².